The molecule has 0 aliphatic carbocycles. The lowest BCUT2D eigenvalue weighted by molar-refractivity contribution is 0.0643. The van der Waals surface area contributed by atoms with Crippen LogP contribution < -0.4 is 5.32 Å². The Morgan fingerprint density at radius 3 is 2.90 bits per heavy atom. The van der Waals surface area contributed by atoms with E-state index in [1.807, 2.05) is 42.2 Å². The molecule has 1 atom stereocenters. The number of rotatable bonds is 2. The molecular weight excluding hydrogens is 254 g/mol. The molecule has 1 aromatic carbocycles. The largest absolute Gasteiger partial charge is 0.331 e. The molecule has 1 unspecified atom stereocenters. The molecule has 0 radical (unpaired) electrons. The van der Waals surface area contributed by atoms with Gasteiger partial charge in [0.2, 0.25) is 5.82 Å². The molecule has 1 fully saturated rings. The van der Waals surface area contributed by atoms with E-state index in [1.54, 1.807) is 11.0 Å². The first-order valence-electron chi connectivity index (χ1n) is 6.74. The van der Waals surface area contributed by atoms with Crippen LogP contribution in [0, 0.1) is 0 Å². The molecule has 1 aliphatic rings. The van der Waals surface area contributed by atoms with Gasteiger partial charge in [-0.25, -0.2) is 9.67 Å². The average molecular weight is 271 g/mol. The van der Waals surface area contributed by atoms with Crippen molar-refractivity contribution in [2.45, 2.75) is 13.0 Å². The topological polar surface area (TPSA) is 63.1 Å². The molecule has 2 heterocycles. The van der Waals surface area contributed by atoms with Crippen molar-refractivity contribution in [3.05, 3.63) is 42.5 Å². The van der Waals surface area contributed by atoms with Crippen molar-refractivity contribution in [1.29, 1.82) is 0 Å². The Morgan fingerprint density at radius 2 is 2.15 bits per heavy atom. The molecule has 0 saturated carbocycles. The fraction of sp³-hybridized carbons (Fsp3) is 0.357. The van der Waals surface area contributed by atoms with E-state index in [0.29, 0.717) is 6.54 Å². The van der Waals surface area contributed by atoms with E-state index in [2.05, 4.69) is 15.4 Å². The van der Waals surface area contributed by atoms with E-state index in [9.17, 15) is 4.79 Å². The van der Waals surface area contributed by atoms with Gasteiger partial charge in [0.25, 0.3) is 5.91 Å². The molecule has 0 bridgehead atoms. The maximum absolute atomic E-state index is 12.4. The van der Waals surface area contributed by atoms with Crippen molar-refractivity contribution >= 4 is 5.91 Å². The number of amides is 1. The zero-order valence-corrected chi connectivity index (χ0v) is 11.4. The number of hydrogen-bond donors (Lipinski definition) is 1. The molecule has 1 aliphatic heterocycles. The summed E-state index contributed by atoms with van der Waals surface area (Å²) < 4.78 is 1.63. The molecule has 1 saturated heterocycles. The van der Waals surface area contributed by atoms with Crippen LogP contribution in [0.4, 0.5) is 0 Å². The van der Waals surface area contributed by atoms with Gasteiger partial charge >= 0.3 is 0 Å². The summed E-state index contributed by atoms with van der Waals surface area (Å²) in [5.74, 6) is 0.149. The van der Waals surface area contributed by atoms with Crippen LogP contribution in [-0.2, 0) is 0 Å². The Kier molecular flexibility index (Phi) is 3.47. The van der Waals surface area contributed by atoms with E-state index in [4.69, 9.17) is 0 Å². The van der Waals surface area contributed by atoms with Crippen LogP contribution in [0.15, 0.2) is 36.7 Å². The average Bonchev–Trinajstić information content (AvgIpc) is 2.98. The van der Waals surface area contributed by atoms with Crippen molar-refractivity contribution in [3.8, 4) is 5.69 Å². The van der Waals surface area contributed by atoms with Gasteiger partial charge in [0.15, 0.2) is 0 Å². The number of piperazine rings is 1. The van der Waals surface area contributed by atoms with Gasteiger partial charge in [0, 0.05) is 25.7 Å². The second-order valence-corrected chi connectivity index (χ2v) is 4.90. The maximum atomic E-state index is 12.4. The minimum absolute atomic E-state index is 0.103. The summed E-state index contributed by atoms with van der Waals surface area (Å²) in [4.78, 5) is 18.4. The number of nitrogens with one attached hydrogen (secondary N) is 1. The molecule has 6 nitrogen and oxygen atoms in total. The SMILES string of the molecule is CC1CNCCN1C(=O)c1ncn(-c2ccccc2)n1. The zero-order valence-electron chi connectivity index (χ0n) is 11.4. The Morgan fingerprint density at radius 1 is 1.35 bits per heavy atom. The third kappa shape index (κ3) is 2.42. The van der Waals surface area contributed by atoms with Gasteiger partial charge in [0.1, 0.15) is 6.33 Å². The molecule has 1 N–H and O–H groups in total. The number of carbonyl (C=O) groups excluding carboxylic acids is 1. The van der Waals surface area contributed by atoms with Crippen molar-refractivity contribution in [3.63, 3.8) is 0 Å². The second-order valence-electron chi connectivity index (χ2n) is 4.90. The normalized spacial score (nSPS) is 19.1. The number of aromatic nitrogens is 3. The first kappa shape index (κ1) is 12.8. The predicted molar refractivity (Wildman–Crippen MR) is 74.7 cm³/mol. The molecule has 0 spiro atoms. The summed E-state index contributed by atoms with van der Waals surface area (Å²) in [5.41, 5.74) is 0.896. The smallest absolute Gasteiger partial charge is 0.293 e. The molecule has 20 heavy (non-hydrogen) atoms. The Hall–Kier alpha value is -2.21. The summed E-state index contributed by atoms with van der Waals surface area (Å²) in [6.07, 6.45) is 1.58. The van der Waals surface area contributed by atoms with Crippen molar-refractivity contribution < 1.29 is 4.79 Å². The minimum Gasteiger partial charge on any atom is -0.331 e. The number of nitrogens with zero attached hydrogens (tertiary/aromatic N) is 4. The Bertz CT molecular complexity index is 595. The van der Waals surface area contributed by atoms with E-state index in [1.165, 1.54) is 0 Å². The standard InChI is InChI=1S/C14H17N5O/c1-11-9-15-7-8-18(11)14(20)13-16-10-19(17-13)12-5-3-2-4-6-12/h2-6,10-11,15H,7-9H2,1H3. The van der Waals surface area contributed by atoms with Gasteiger partial charge in [-0.15, -0.1) is 5.10 Å². The summed E-state index contributed by atoms with van der Waals surface area (Å²) in [5, 5.41) is 7.55. The van der Waals surface area contributed by atoms with Crippen molar-refractivity contribution in [2.24, 2.45) is 0 Å². The Labute approximate surface area is 117 Å². The third-order valence-corrected chi connectivity index (χ3v) is 3.47. The fourth-order valence-electron chi connectivity index (χ4n) is 2.34. The molecule has 3 rings (SSSR count). The highest BCUT2D eigenvalue weighted by Crippen LogP contribution is 2.09. The molecule has 1 aromatic heterocycles. The van der Waals surface area contributed by atoms with E-state index in [0.717, 1.165) is 18.8 Å². The highest BCUT2D eigenvalue weighted by atomic mass is 16.2. The number of carbonyl (C=O) groups is 1. The van der Waals surface area contributed by atoms with Crippen LogP contribution in [0.2, 0.25) is 0 Å². The predicted octanol–water partition coefficient (Wildman–Crippen LogP) is 0.701. The van der Waals surface area contributed by atoms with Gasteiger partial charge in [-0.2, -0.15) is 0 Å². The molecule has 1 amide bonds. The quantitative estimate of drug-likeness (QED) is 0.873. The highest BCUT2D eigenvalue weighted by Gasteiger charge is 2.26. The summed E-state index contributed by atoms with van der Waals surface area (Å²) in [6, 6.07) is 9.81. The van der Waals surface area contributed by atoms with E-state index in [-0.39, 0.29) is 17.8 Å². The first-order chi connectivity index (χ1) is 9.75. The van der Waals surface area contributed by atoms with Crippen LogP contribution in [0.1, 0.15) is 17.5 Å². The van der Waals surface area contributed by atoms with Crippen LogP contribution >= 0.6 is 0 Å². The third-order valence-electron chi connectivity index (χ3n) is 3.47. The van der Waals surface area contributed by atoms with E-state index >= 15 is 0 Å². The summed E-state index contributed by atoms with van der Waals surface area (Å²) in [7, 11) is 0. The first-order valence-corrected chi connectivity index (χ1v) is 6.74. The van der Waals surface area contributed by atoms with Crippen LogP contribution in [0.5, 0.6) is 0 Å². The van der Waals surface area contributed by atoms with Gasteiger partial charge < -0.3 is 10.2 Å². The van der Waals surface area contributed by atoms with Crippen molar-refractivity contribution in [2.75, 3.05) is 19.6 Å². The monoisotopic (exact) mass is 271 g/mol. The second kappa shape index (κ2) is 5.42. The zero-order chi connectivity index (χ0) is 13.9. The number of benzene rings is 1. The number of para-hydroxylation sites is 1. The lowest BCUT2D eigenvalue weighted by Gasteiger charge is -2.33. The van der Waals surface area contributed by atoms with Crippen molar-refractivity contribution in [1.82, 2.24) is 25.0 Å². The highest BCUT2D eigenvalue weighted by molar-refractivity contribution is 5.90. The molecule has 6 heteroatoms. The van der Waals surface area contributed by atoms with E-state index < -0.39 is 0 Å². The number of hydrogen-bond acceptors (Lipinski definition) is 4. The van der Waals surface area contributed by atoms with Crippen LogP contribution in [0.3, 0.4) is 0 Å². The van der Waals surface area contributed by atoms with Gasteiger partial charge in [-0.1, -0.05) is 18.2 Å². The van der Waals surface area contributed by atoms with Gasteiger partial charge in [-0.3, -0.25) is 4.79 Å². The molecule has 104 valence electrons. The lowest BCUT2D eigenvalue weighted by Crippen LogP contribution is -2.52. The molecular formula is C14H17N5O. The maximum Gasteiger partial charge on any atom is 0.293 e. The van der Waals surface area contributed by atoms with Crippen LogP contribution in [-0.4, -0.2) is 51.2 Å². The minimum atomic E-state index is -0.103. The Balaban J connectivity index is 1.81. The van der Waals surface area contributed by atoms with Crippen LogP contribution in [0.25, 0.3) is 5.69 Å². The molecule has 2 aromatic rings. The van der Waals surface area contributed by atoms with Gasteiger partial charge in [-0.05, 0) is 19.1 Å². The lowest BCUT2D eigenvalue weighted by atomic mass is 10.2. The summed E-state index contributed by atoms with van der Waals surface area (Å²) in [6.45, 7) is 4.35. The van der Waals surface area contributed by atoms with Gasteiger partial charge in [0.05, 0.1) is 5.69 Å². The fourth-order valence-corrected chi connectivity index (χ4v) is 2.34. The summed E-state index contributed by atoms with van der Waals surface area (Å²) >= 11 is 0.